The molecule has 0 aliphatic carbocycles. The van der Waals surface area contributed by atoms with Gasteiger partial charge in [-0.25, -0.2) is 4.39 Å². The molecular weight excluding hydrogens is 131 g/mol. The highest BCUT2D eigenvalue weighted by atomic mass is 35.5. The van der Waals surface area contributed by atoms with Crippen molar-refractivity contribution >= 4 is 19.7 Å². The van der Waals surface area contributed by atoms with Crippen molar-refractivity contribution in [2.24, 2.45) is 0 Å². The van der Waals surface area contributed by atoms with Crippen LogP contribution in [0.15, 0.2) is 0 Å². The minimum Gasteiger partial charge on any atom is -0.234 e. The SMILES string of the molecule is C[Si](C)(C)C(F)Cl. The van der Waals surface area contributed by atoms with Gasteiger partial charge in [0.1, 0.15) is 8.07 Å². The molecule has 0 aliphatic heterocycles. The molecule has 0 aliphatic rings. The first-order valence-corrected chi connectivity index (χ1v) is 6.24. The van der Waals surface area contributed by atoms with Crippen LogP contribution in [-0.2, 0) is 0 Å². The van der Waals surface area contributed by atoms with Crippen molar-refractivity contribution in [1.82, 2.24) is 0 Å². The van der Waals surface area contributed by atoms with Crippen LogP contribution >= 0.6 is 11.6 Å². The predicted molar refractivity (Wildman–Crippen MR) is 34.1 cm³/mol. The molecular formula is C4H10ClFSi. The van der Waals surface area contributed by atoms with Gasteiger partial charge in [0.2, 0.25) is 0 Å². The molecule has 0 aromatic rings. The van der Waals surface area contributed by atoms with E-state index in [2.05, 4.69) is 0 Å². The maximum Gasteiger partial charge on any atom is 0.159 e. The summed E-state index contributed by atoms with van der Waals surface area (Å²) >= 11 is 5.15. The molecule has 44 valence electrons. The van der Waals surface area contributed by atoms with Crippen molar-refractivity contribution in [3.8, 4) is 0 Å². The average Bonchev–Trinajstić information content (AvgIpc) is 1.31. The Morgan fingerprint density at radius 3 is 1.57 bits per heavy atom. The Labute approximate surface area is 49.7 Å². The van der Waals surface area contributed by atoms with E-state index in [1.807, 2.05) is 19.6 Å². The van der Waals surface area contributed by atoms with Gasteiger partial charge in [0.05, 0.1) is 0 Å². The Kier molecular flexibility index (Phi) is 2.27. The van der Waals surface area contributed by atoms with Crippen LogP contribution in [0, 0.1) is 0 Å². The van der Waals surface area contributed by atoms with E-state index in [0.717, 1.165) is 0 Å². The zero-order valence-electron chi connectivity index (χ0n) is 4.83. The first-order valence-electron chi connectivity index (χ1n) is 2.23. The maximum atomic E-state index is 12.0. The van der Waals surface area contributed by atoms with Gasteiger partial charge in [0.25, 0.3) is 0 Å². The molecule has 0 aromatic carbocycles. The third kappa shape index (κ3) is 3.06. The largest absolute Gasteiger partial charge is 0.234 e. The Morgan fingerprint density at radius 2 is 1.57 bits per heavy atom. The highest BCUT2D eigenvalue weighted by molar-refractivity contribution is 6.83. The van der Waals surface area contributed by atoms with Gasteiger partial charge in [-0.15, -0.1) is 0 Å². The number of rotatable bonds is 1. The fraction of sp³-hybridized carbons (Fsp3) is 1.00. The van der Waals surface area contributed by atoms with E-state index in [1.54, 1.807) is 0 Å². The molecule has 0 heterocycles. The molecule has 3 heteroatoms. The van der Waals surface area contributed by atoms with Crippen molar-refractivity contribution < 1.29 is 4.39 Å². The molecule has 0 amide bonds. The monoisotopic (exact) mass is 140 g/mol. The first kappa shape index (κ1) is 7.44. The second-order valence-corrected chi connectivity index (χ2v) is 8.65. The summed E-state index contributed by atoms with van der Waals surface area (Å²) in [6.07, 6.45) is 0. The van der Waals surface area contributed by atoms with Crippen molar-refractivity contribution in [2.45, 2.75) is 24.9 Å². The van der Waals surface area contributed by atoms with Gasteiger partial charge in [-0.3, -0.25) is 0 Å². The Bertz CT molecular complexity index is 57.2. The third-order valence-corrected chi connectivity index (χ3v) is 3.93. The van der Waals surface area contributed by atoms with Crippen LogP contribution in [0.2, 0.25) is 19.6 Å². The molecule has 0 radical (unpaired) electrons. The van der Waals surface area contributed by atoms with E-state index < -0.39 is 13.3 Å². The van der Waals surface area contributed by atoms with Crippen LogP contribution in [0.5, 0.6) is 0 Å². The Balaban J connectivity index is 3.54. The van der Waals surface area contributed by atoms with Gasteiger partial charge in [-0.2, -0.15) is 0 Å². The molecule has 0 bridgehead atoms. The number of hydrogen-bond acceptors (Lipinski definition) is 0. The second kappa shape index (κ2) is 2.14. The lowest BCUT2D eigenvalue weighted by atomic mass is 11.7. The smallest absolute Gasteiger partial charge is 0.159 e. The van der Waals surface area contributed by atoms with Gasteiger partial charge in [0.15, 0.2) is 5.25 Å². The highest BCUT2D eigenvalue weighted by Crippen LogP contribution is 2.13. The molecule has 0 aromatic heterocycles. The Hall–Kier alpha value is 0.437. The number of alkyl halides is 2. The molecule has 0 spiro atoms. The quantitative estimate of drug-likeness (QED) is 0.388. The third-order valence-electron chi connectivity index (χ3n) is 0.655. The predicted octanol–water partition coefficient (Wildman–Crippen LogP) is 2.40. The summed E-state index contributed by atoms with van der Waals surface area (Å²) in [5, 5.41) is -1.09. The summed E-state index contributed by atoms with van der Waals surface area (Å²) < 4.78 is 12.0. The lowest BCUT2D eigenvalue weighted by Gasteiger charge is -2.13. The van der Waals surface area contributed by atoms with E-state index in [4.69, 9.17) is 11.6 Å². The topological polar surface area (TPSA) is 0 Å². The van der Waals surface area contributed by atoms with E-state index in [9.17, 15) is 4.39 Å². The maximum absolute atomic E-state index is 12.0. The van der Waals surface area contributed by atoms with Gasteiger partial charge in [-0.1, -0.05) is 31.2 Å². The molecule has 0 N–H and O–H groups in total. The minimum atomic E-state index is -1.64. The van der Waals surface area contributed by atoms with E-state index in [-0.39, 0.29) is 0 Å². The van der Waals surface area contributed by atoms with Crippen LogP contribution in [0.1, 0.15) is 0 Å². The zero-order valence-corrected chi connectivity index (χ0v) is 6.59. The summed E-state index contributed by atoms with van der Waals surface area (Å²) in [4.78, 5) is 0. The molecule has 1 atom stereocenters. The normalized spacial score (nSPS) is 16.7. The molecule has 0 saturated heterocycles. The van der Waals surface area contributed by atoms with Gasteiger partial charge in [0, 0.05) is 0 Å². The molecule has 0 nitrogen and oxygen atoms in total. The standard InChI is InChI=1S/C4H10ClFSi/c1-7(2,3)4(5)6/h4H,1-3H3. The Morgan fingerprint density at radius 1 is 1.43 bits per heavy atom. The second-order valence-electron chi connectivity index (χ2n) is 2.67. The van der Waals surface area contributed by atoms with Crippen molar-refractivity contribution in [3.63, 3.8) is 0 Å². The van der Waals surface area contributed by atoms with Gasteiger partial charge < -0.3 is 0 Å². The van der Waals surface area contributed by atoms with Crippen LogP contribution in [0.25, 0.3) is 0 Å². The fourth-order valence-electron chi connectivity index (χ4n) is 0. The summed E-state index contributed by atoms with van der Waals surface area (Å²) in [7, 11) is -1.64. The van der Waals surface area contributed by atoms with Gasteiger partial charge in [-0.05, 0) is 0 Å². The zero-order chi connectivity index (χ0) is 6.08. The van der Waals surface area contributed by atoms with Crippen LogP contribution in [0.4, 0.5) is 4.39 Å². The molecule has 0 rings (SSSR count). The van der Waals surface area contributed by atoms with Crippen molar-refractivity contribution in [1.29, 1.82) is 0 Å². The first-order chi connectivity index (χ1) is 2.94. The molecule has 1 unspecified atom stereocenters. The lowest BCUT2D eigenvalue weighted by molar-refractivity contribution is 0.536. The van der Waals surface area contributed by atoms with Crippen molar-refractivity contribution in [3.05, 3.63) is 0 Å². The molecule has 0 fully saturated rings. The summed E-state index contributed by atoms with van der Waals surface area (Å²) in [6.45, 7) is 5.68. The van der Waals surface area contributed by atoms with Crippen LogP contribution in [0.3, 0.4) is 0 Å². The number of hydrogen-bond donors (Lipinski definition) is 0. The van der Waals surface area contributed by atoms with E-state index in [0.29, 0.717) is 0 Å². The molecule has 7 heavy (non-hydrogen) atoms. The van der Waals surface area contributed by atoms with Crippen LogP contribution in [-0.4, -0.2) is 13.3 Å². The van der Waals surface area contributed by atoms with Gasteiger partial charge >= 0.3 is 0 Å². The highest BCUT2D eigenvalue weighted by Gasteiger charge is 2.23. The fourth-order valence-corrected chi connectivity index (χ4v) is 0. The average molecular weight is 141 g/mol. The molecule has 0 saturated carbocycles. The minimum absolute atomic E-state index is 1.09. The van der Waals surface area contributed by atoms with E-state index >= 15 is 0 Å². The number of halogens is 2. The summed E-state index contributed by atoms with van der Waals surface area (Å²) in [6, 6.07) is 0. The summed E-state index contributed by atoms with van der Waals surface area (Å²) in [5.41, 5.74) is 0. The van der Waals surface area contributed by atoms with E-state index in [1.165, 1.54) is 0 Å². The lowest BCUT2D eigenvalue weighted by Crippen LogP contribution is -2.29. The van der Waals surface area contributed by atoms with Crippen LogP contribution < -0.4 is 0 Å². The summed E-state index contributed by atoms with van der Waals surface area (Å²) in [5.74, 6) is 0. The van der Waals surface area contributed by atoms with Crippen molar-refractivity contribution in [2.75, 3.05) is 0 Å².